The van der Waals surface area contributed by atoms with E-state index in [2.05, 4.69) is 30.4 Å². The molecule has 0 bridgehead atoms. The van der Waals surface area contributed by atoms with Crippen LogP contribution in [-0.4, -0.2) is 29.3 Å². The van der Waals surface area contributed by atoms with Crippen molar-refractivity contribution < 1.29 is 9.59 Å². The fraction of sp³-hybridized carbons (Fsp3) is 0.556. The summed E-state index contributed by atoms with van der Waals surface area (Å²) in [5.41, 5.74) is 2.38. The maximum Gasteiger partial charge on any atom is 0.225 e. The summed E-state index contributed by atoms with van der Waals surface area (Å²) >= 11 is 0. The van der Waals surface area contributed by atoms with Crippen LogP contribution in [0.4, 0.5) is 0 Å². The SMILES string of the molecule is CC(=O)N1CC(C(=O)NC2CC2)CCC1c1cccc(C)c1. The maximum atomic E-state index is 12.3. The first-order valence-corrected chi connectivity index (χ1v) is 8.18. The Kier molecular flexibility index (Phi) is 4.19. The van der Waals surface area contributed by atoms with Crippen molar-refractivity contribution in [3.05, 3.63) is 35.4 Å². The molecule has 1 aliphatic heterocycles. The van der Waals surface area contributed by atoms with Crippen LogP contribution >= 0.6 is 0 Å². The zero-order valence-electron chi connectivity index (χ0n) is 13.3. The van der Waals surface area contributed by atoms with Crippen molar-refractivity contribution in [1.82, 2.24) is 10.2 Å². The number of benzene rings is 1. The van der Waals surface area contributed by atoms with Gasteiger partial charge in [-0.05, 0) is 38.2 Å². The van der Waals surface area contributed by atoms with E-state index < -0.39 is 0 Å². The number of aryl methyl sites for hydroxylation is 1. The van der Waals surface area contributed by atoms with Crippen molar-refractivity contribution in [3.63, 3.8) is 0 Å². The molecule has 2 fully saturated rings. The molecule has 2 atom stereocenters. The van der Waals surface area contributed by atoms with Gasteiger partial charge in [-0.3, -0.25) is 9.59 Å². The van der Waals surface area contributed by atoms with Crippen LogP contribution in [0.15, 0.2) is 24.3 Å². The number of carbonyl (C=O) groups excluding carboxylic acids is 2. The average Bonchev–Trinajstić information content (AvgIpc) is 3.30. The normalized spacial score (nSPS) is 24.9. The number of rotatable bonds is 3. The fourth-order valence-corrected chi connectivity index (χ4v) is 3.30. The van der Waals surface area contributed by atoms with Crippen LogP contribution in [0, 0.1) is 12.8 Å². The molecule has 0 radical (unpaired) electrons. The third-order valence-electron chi connectivity index (χ3n) is 4.71. The van der Waals surface area contributed by atoms with Crippen molar-refractivity contribution in [2.45, 2.75) is 51.6 Å². The molecule has 1 heterocycles. The van der Waals surface area contributed by atoms with Gasteiger partial charge >= 0.3 is 0 Å². The predicted molar refractivity (Wildman–Crippen MR) is 85.2 cm³/mol. The molecule has 1 saturated heterocycles. The second-order valence-corrected chi connectivity index (χ2v) is 6.66. The standard InChI is InChI=1S/C18H24N2O2/c1-12-4-3-5-14(10-12)17-9-6-15(11-20(17)13(2)21)18(22)19-16-7-8-16/h3-5,10,15-17H,6-9,11H2,1-2H3,(H,19,22). The number of likely N-dealkylation sites (tertiary alicyclic amines) is 1. The third-order valence-corrected chi connectivity index (χ3v) is 4.71. The maximum absolute atomic E-state index is 12.3. The molecule has 1 N–H and O–H groups in total. The van der Waals surface area contributed by atoms with Crippen molar-refractivity contribution >= 4 is 11.8 Å². The number of nitrogens with zero attached hydrogens (tertiary/aromatic N) is 1. The fourth-order valence-electron chi connectivity index (χ4n) is 3.30. The first kappa shape index (κ1) is 15.1. The Morgan fingerprint density at radius 1 is 1.18 bits per heavy atom. The van der Waals surface area contributed by atoms with Crippen molar-refractivity contribution in [2.75, 3.05) is 6.54 Å². The second kappa shape index (κ2) is 6.11. The Labute approximate surface area is 131 Å². The molecule has 22 heavy (non-hydrogen) atoms. The molecule has 2 aliphatic rings. The Balaban J connectivity index is 1.73. The highest BCUT2D eigenvalue weighted by Crippen LogP contribution is 2.34. The minimum absolute atomic E-state index is 0.0513. The number of hydrogen-bond donors (Lipinski definition) is 1. The molecule has 1 aliphatic carbocycles. The van der Waals surface area contributed by atoms with Crippen LogP contribution < -0.4 is 5.32 Å². The van der Waals surface area contributed by atoms with Gasteiger partial charge in [-0.2, -0.15) is 0 Å². The monoisotopic (exact) mass is 300 g/mol. The molecule has 1 aromatic rings. The number of piperidine rings is 1. The minimum atomic E-state index is -0.0643. The minimum Gasteiger partial charge on any atom is -0.353 e. The largest absolute Gasteiger partial charge is 0.353 e. The van der Waals surface area contributed by atoms with Crippen LogP contribution in [0.3, 0.4) is 0 Å². The summed E-state index contributed by atoms with van der Waals surface area (Å²) in [6.45, 7) is 4.20. The molecule has 3 rings (SSSR count). The summed E-state index contributed by atoms with van der Waals surface area (Å²) < 4.78 is 0. The van der Waals surface area contributed by atoms with Gasteiger partial charge in [0.25, 0.3) is 0 Å². The number of hydrogen-bond acceptors (Lipinski definition) is 2. The van der Waals surface area contributed by atoms with Gasteiger partial charge in [0.05, 0.1) is 12.0 Å². The summed E-state index contributed by atoms with van der Waals surface area (Å²) in [6.07, 6.45) is 3.90. The van der Waals surface area contributed by atoms with Crippen molar-refractivity contribution in [2.24, 2.45) is 5.92 Å². The summed E-state index contributed by atoms with van der Waals surface area (Å²) in [4.78, 5) is 26.2. The van der Waals surface area contributed by atoms with Gasteiger partial charge in [-0.1, -0.05) is 29.8 Å². The van der Waals surface area contributed by atoms with Gasteiger partial charge < -0.3 is 10.2 Å². The van der Waals surface area contributed by atoms with Gasteiger partial charge in [0.1, 0.15) is 0 Å². The summed E-state index contributed by atoms with van der Waals surface area (Å²) in [5, 5.41) is 3.07. The van der Waals surface area contributed by atoms with Crippen LogP contribution in [0.5, 0.6) is 0 Å². The first-order valence-electron chi connectivity index (χ1n) is 8.18. The van der Waals surface area contributed by atoms with Gasteiger partial charge in [0, 0.05) is 19.5 Å². The molecule has 4 nitrogen and oxygen atoms in total. The average molecular weight is 300 g/mol. The summed E-state index contributed by atoms with van der Waals surface area (Å²) in [5.74, 6) is 0.109. The lowest BCUT2D eigenvalue weighted by atomic mass is 9.88. The van der Waals surface area contributed by atoms with Gasteiger partial charge in [-0.25, -0.2) is 0 Å². The molecule has 0 aromatic heterocycles. The van der Waals surface area contributed by atoms with E-state index in [9.17, 15) is 9.59 Å². The second-order valence-electron chi connectivity index (χ2n) is 6.66. The zero-order chi connectivity index (χ0) is 15.7. The molecule has 2 amide bonds. The topological polar surface area (TPSA) is 49.4 Å². The van der Waals surface area contributed by atoms with Crippen molar-refractivity contribution in [3.8, 4) is 0 Å². The highest BCUT2D eigenvalue weighted by atomic mass is 16.2. The van der Waals surface area contributed by atoms with E-state index in [0.29, 0.717) is 12.6 Å². The molecule has 1 saturated carbocycles. The molecule has 0 spiro atoms. The van der Waals surface area contributed by atoms with E-state index in [4.69, 9.17) is 0 Å². The van der Waals surface area contributed by atoms with Crippen LogP contribution in [0.2, 0.25) is 0 Å². The van der Waals surface area contributed by atoms with Crippen LogP contribution in [-0.2, 0) is 9.59 Å². The van der Waals surface area contributed by atoms with Gasteiger partial charge in [0.15, 0.2) is 0 Å². The van der Waals surface area contributed by atoms with Gasteiger partial charge in [0.2, 0.25) is 11.8 Å². The van der Waals surface area contributed by atoms with Crippen LogP contribution in [0.1, 0.15) is 49.8 Å². The van der Waals surface area contributed by atoms with Gasteiger partial charge in [-0.15, -0.1) is 0 Å². The lowest BCUT2D eigenvalue weighted by Crippen LogP contribution is -2.46. The van der Waals surface area contributed by atoms with E-state index in [1.807, 2.05) is 11.0 Å². The van der Waals surface area contributed by atoms with Crippen molar-refractivity contribution in [1.29, 1.82) is 0 Å². The highest BCUT2D eigenvalue weighted by molar-refractivity contribution is 5.81. The summed E-state index contributed by atoms with van der Waals surface area (Å²) in [7, 11) is 0. The number of nitrogens with one attached hydrogen (secondary N) is 1. The van der Waals surface area contributed by atoms with E-state index in [1.165, 1.54) is 11.1 Å². The molecule has 2 unspecified atom stereocenters. The summed E-state index contributed by atoms with van der Waals surface area (Å²) in [6, 6.07) is 8.81. The molecule has 1 aromatic carbocycles. The Morgan fingerprint density at radius 2 is 1.95 bits per heavy atom. The first-order chi connectivity index (χ1) is 10.5. The van der Waals surface area contributed by atoms with E-state index in [-0.39, 0.29) is 23.8 Å². The molecule has 4 heteroatoms. The molecule has 118 valence electrons. The number of amides is 2. The quantitative estimate of drug-likeness (QED) is 0.932. The molecular weight excluding hydrogens is 276 g/mol. The predicted octanol–water partition coefficient (Wildman–Crippen LogP) is 2.57. The smallest absolute Gasteiger partial charge is 0.225 e. The Hall–Kier alpha value is -1.84. The van der Waals surface area contributed by atoms with E-state index >= 15 is 0 Å². The lowest BCUT2D eigenvalue weighted by Gasteiger charge is -2.39. The lowest BCUT2D eigenvalue weighted by molar-refractivity contribution is -0.137. The Bertz CT molecular complexity index is 580. The van der Waals surface area contributed by atoms with E-state index in [0.717, 1.165) is 25.7 Å². The highest BCUT2D eigenvalue weighted by Gasteiger charge is 2.35. The zero-order valence-corrected chi connectivity index (χ0v) is 13.3. The molecular formula is C18H24N2O2. The number of carbonyl (C=O) groups is 2. The Morgan fingerprint density at radius 3 is 2.59 bits per heavy atom. The van der Waals surface area contributed by atoms with Crippen LogP contribution in [0.25, 0.3) is 0 Å². The third kappa shape index (κ3) is 3.32. The van der Waals surface area contributed by atoms with E-state index in [1.54, 1.807) is 6.92 Å².